The van der Waals surface area contributed by atoms with Crippen molar-refractivity contribution in [2.45, 2.75) is 25.9 Å². The van der Waals surface area contributed by atoms with Crippen molar-refractivity contribution in [3.05, 3.63) is 29.3 Å². The molecule has 98 valence electrons. The van der Waals surface area contributed by atoms with Crippen molar-refractivity contribution in [1.29, 1.82) is 0 Å². The molecular weight excluding hydrogens is 243 g/mol. The normalized spacial score (nSPS) is 18.2. The second kappa shape index (κ2) is 4.30. The van der Waals surface area contributed by atoms with Crippen molar-refractivity contribution in [1.82, 2.24) is 0 Å². The van der Waals surface area contributed by atoms with Crippen LogP contribution in [0.25, 0.3) is 0 Å². The predicted octanol–water partition coefficient (Wildman–Crippen LogP) is 3.63. The Balaban J connectivity index is 2.10. The van der Waals surface area contributed by atoms with Crippen LogP contribution in [0.15, 0.2) is 23.2 Å². The molecule has 1 aromatic carbocycles. The number of phenolic OH excluding ortho intramolecular Hbond substituents is 1. The van der Waals surface area contributed by atoms with E-state index in [1.807, 2.05) is 0 Å². The topological polar surface area (TPSA) is 32.6 Å². The molecule has 1 N–H and O–H groups in total. The molecule has 0 unspecified atom stereocenters. The van der Waals surface area contributed by atoms with E-state index in [-0.39, 0.29) is 5.41 Å². The molecule has 0 aromatic heterocycles. The molecule has 0 heterocycles. The Morgan fingerprint density at radius 3 is 2.56 bits per heavy atom. The zero-order valence-corrected chi connectivity index (χ0v) is 9.96. The van der Waals surface area contributed by atoms with Gasteiger partial charge >= 0.3 is 6.18 Å². The first kappa shape index (κ1) is 12.9. The molecule has 0 bridgehead atoms. The van der Waals surface area contributed by atoms with E-state index in [1.165, 1.54) is 12.3 Å². The minimum absolute atomic E-state index is 0.248. The maximum Gasteiger partial charge on any atom is 0.416 e. The van der Waals surface area contributed by atoms with Gasteiger partial charge in [-0.15, -0.1) is 0 Å². The smallest absolute Gasteiger partial charge is 0.416 e. The lowest BCUT2D eigenvalue weighted by molar-refractivity contribution is -0.137. The maximum absolute atomic E-state index is 12.4. The van der Waals surface area contributed by atoms with E-state index >= 15 is 0 Å². The molecule has 0 aliphatic heterocycles. The lowest BCUT2D eigenvalue weighted by Gasteiger charge is -2.08. The van der Waals surface area contributed by atoms with Gasteiger partial charge < -0.3 is 5.11 Å². The minimum atomic E-state index is -4.44. The van der Waals surface area contributed by atoms with E-state index in [4.69, 9.17) is 0 Å². The van der Waals surface area contributed by atoms with E-state index < -0.39 is 17.5 Å². The Bertz CT molecular complexity index is 476. The zero-order valence-electron chi connectivity index (χ0n) is 9.96. The summed E-state index contributed by atoms with van der Waals surface area (Å²) >= 11 is 0. The third-order valence-corrected chi connectivity index (χ3v) is 3.16. The van der Waals surface area contributed by atoms with Crippen LogP contribution in [0, 0.1) is 5.41 Å². The van der Waals surface area contributed by atoms with Gasteiger partial charge in [0.15, 0.2) is 0 Å². The first-order valence-corrected chi connectivity index (χ1v) is 5.70. The molecule has 1 saturated carbocycles. The van der Waals surface area contributed by atoms with E-state index in [0.717, 1.165) is 25.0 Å². The van der Waals surface area contributed by atoms with Gasteiger partial charge in [-0.25, -0.2) is 0 Å². The summed E-state index contributed by atoms with van der Waals surface area (Å²) in [5, 5.41) is 9.51. The average molecular weight is 257 g/mol. The Hall–Kier alpha value is -1.52. The summed E-state index contributed by atoms with van der Waals surface area (Å²) in [6.45, 7) is 2.75. The van der Waals surface area contributed by atoms with Crippen LogP contribution < -0.4 is 0 Å². The average Bonchev–Trinajstić information content (AvgIpc) is 2.98. The molecule has 1 aromatic rings. The first-order chi connectivity index (χ1) is 8.30. The number of aliphatic imine (C=N–C) groups is 1. The van der Waals surface area contributed by atoms with Crippen LogP contribution >= 0.6 is 0 Å². The zero-order chi connectivity index (χ0) is 13.4. The molecule has 0 spiro atoms. The van der Waals surface area contributed by atoms with E-state index in [9.17, 15) is 18.3 Å². The van der Waals surface area contributed by atoms with Crippen LogP contribution in [0.4, 0.5) is 13.2 Å². The van der Waals surface area contributed by atoms with Crippen molar-refractivity contribution < 1.29 is 18.3 Å². The molecule has 0 amide bonds. The van der Waals surface area contributed by atoms with Gasteiger partial charge in [-0.2, -0.15) is 13.2 Å². The quantitative estimate of drug-likeness (QED) is 0.824. The predicted molar refractivity (Wildman–Crippen MR) is 62.9 cm³/mol. The first-order valence-electron chi connectivity index (χ1n) is 5.70. The molecule has 1 aliphatic rings. The van der Waals surface area contributed by atoms with Crippen molar-refractivity contribution >= 4 is 6.21 Å². The number of alkyl halides is 3. The van der Waals surface area contributed by atoms with Gasteiger partial charge in [0.25, 0.3) is 0 Å². The third-order valence-electron chi connectivity index (χ3n) is 3.16. The fourth-order valence-corrected chi connectivity index (χ4v) is 1.57. The highest BCUT2D eigenvalue weighted by Gasteiger charge is 2.36. The summed E-state index contributed by atoms with van der Waals surface area (Å²) in [6.07, 6.45) is -0.750. The Labute approximate surface area is 103 Å². The van der Waals surface area contributed by atoms with E-state index in [1.54, 1.807) is 0 Å². The SMILES string of the molecule is CC1(C/N=C/c2ccc(C(F)(F)F)cc2O)CC1. The van der Waals surface area contributed by atoms with Crippen LogP contribution in [0.2, 0.25) is 0 Å². The van der Waals surface area contributed by atoms with Crippen molar-refractivity contribution in [2.24, 2.45) is 10.4 Å². The van der Waals surface area contributed by atoms with E-state index in [0.29, 0.717) is 12.1 Å². The lowest BCUT2D eigenvalue weighted by atomic mass is 10.1. The highest BCUT2D eigenvalue weighted by Crippen LogP contribution is 2.45. The van der Waals surface area contributed by atoms with Crippen molar-refractivity contribution in [3.8, 4) is 5.75 Å². The van der Waals surface area contributed by atoms with Crippen LogP contribution in [0.5, 0.6) is 5.75 Å². The molecule has 1 fully saturated rings. The molecule has 1 aliphatic carbocycles. The summed E-state index contributed by atoms with van der Waals surface area (Å²) in [6, 6.07) is 2.90. The van der Waals surface area contributed by atoms with Crippen LogP contribution in [-0.2, 0) is 6.18 Å². The molecule has 5 heteroatoms. The van der Waals surface area contributed by atoms with Gasteiger partial charge in [-0.3, -0.25) is 4.99 Å². The maximum atomic E-state index is 12.4. The summed E-state index contributed by atoms with van der Waals surface area (Å²) in [4.78, 5) is 4.16. The molecule has 0 saturated heterocycles. The van der Waals surface area contributed by atoms with Gasteiger partial charge in [0.05, 0.1) is 5.56 Å². The number of rotatable bonds is 3. The monoisotopic (exact) mass is 257 g/mol. The number of hydrogen-bond donors (Lipinski definition) is 1. The minimum Gasteiger partial charge on any atom is -0.507 e. The van der Waals surface area contributed by atoms with Crippen LogP contribution in [0.1, 0.15) is 30.9 Å². The molecule has 2 nitrogen and oxygen atoms in total. The van der Waals surface area contributed by atoms with Gasteiger partial charge in [-0.1, -0.05) is 6.92 Å². The highest BCUT2D eigenvalue weighted by molar-refractivity contribution is 5.83. The molecule has 2 rings (SSSR count). The second-order valence-electron chi connectivity index (χ2n) is 5.05. The second-order valence-corrected chi connectivity index (χ2v) is 5.05. The third kappa shape index (κ3) is 3.03. The molecular formula is C13H14F3NO. The Morgan fingerprint density at radius 2 is 2.06 bits per heavy atom. The summed E-state index contributed by atoms with van der Waals surface area (Å²) in [5.41, 5.74) is -0.295. The summed E-state index contributed by atoms with van der Waals surface area (Å²) < 4.78 is 37.1. The number of halogens is 3. The van der Waals surface area contributed by atoms with Crippen LogP contribution in [0.3, 0.4) is 0 Å². The highest BCUT2D eigenvalue weighted by atomic mass is 19.4. The summed E-state index contributed by atoms with van der Waals surface area (Å²) in [5.74, 6) is -0.394. The van der Waals surface area contributed by atoms with Gasteiger partial charge in [0.2, 0.25) is 0 Å². The van der Waals surface area contributed by atoms with Crippen molar-refractivity contribution in [3.63, 3.8) is 0 Å². The standard InChI is InChI=1S/C13H14F3NO/c1-12(4-5-12)8-17-7-9-2-3-10(6-11(9)18)13(14,15)16/h2-3,6-7,18H,4-5,8H2,1H3/b17-7+. The lowest BCUT2D eigenvalue weighted by Crippen LogP contribution is -2.05. The number of benzene rings is 1. The number of hydrogen-bond acceptors (Lipinski definition) is 2. The van der Waals surface area contributed by atoms with Crippen molar-refractivity contribution in [2.75, 3.05) is 6.54 Å². The molecule has 18 heavy (non-hydrogen) atoms. The molecule has 0 radical (unpaired) electrons. The van der Waals surface area contributed by atoms with E-state index in [2.05, 4.69) is 11.9 Å². The Kier molecular flexibility index (Phi) is 3.09. The Morgan fingerprint density at radius 1 is 1.39 bits per heavy atom. The number of phenols is 1. The fraction of sp³-hybridized carbons (Fsp3) is 0.462. The van der Waals surface area contributed by atoms with Crippen LogP contribution in [-0.4, -0.2) is 17.9 Å². The fourth-order valence-electron chi connectivity index (χ4n) is 1.57. The molecule has 0 atom stereocenters. The summed E-state index contributed by atoms with van der Waals surface area (Å²) in [7, 11) is 0. The van der Waals surface area contributed by atoms with Gasteiger partial charge in [0.1, 0.15) is 5.75 Å². The van der Waals surface area contributed by atoms with Gasteiger partial charge in [-0.05, 0) is 36.5 Å². The van der Waals surface area contributed by atoms with Gasteiger partial charge in [0, 0.05) is 18.3 Å². The largest absolute Gasteiger partial charge is 0.507 e. The number of nitrogens with zero attached hydrogens (tertiary/aromatic N) is 1. The number of aromatic hydroxyl groups is 1.